The lowest BCUT2D eigenvalue weighted by molar-refractivity contribution is 0.0673. The summed E-state index contributed by atoms with van der Waals surface area (Å²) in [6, 6.07) is 7.77. The minimum atomic E-state index is 0.208. The van der Waals surface area contributed by atoms with E-state index in [1.165, 1.54) is 56.7 Å². The molecule has 1 aliphatic heterocycles. The summed E-state index contributed by atoms with van der Waals surface area (Å²) in [5.41, 5.74) is 7.30. The minimum Gasteiger partial charge on any atom is -0.497 e. The van der Waals surface area contributed by atoms with Crippen LogP contribution < -0.4 is 15.8 Å². The quantitative estimate of drug-likeness (QED) is 0.622. The standard InChI is InChI=1S/C19H30N4OS/c1-24-17-7-5-6-16(14-17)22-18(20)21-15-19(8-3-2-4-9-19)23-10-12-25-13-11-23/h5-7,14H,2-4,8-13,15H2,1H3,(H3,20,21,22). The molecule has 0 radical (unpaired) electrons. The molecule has 25 heavy (non-hydrogen) atoms. The average molecular weight is 363 g/mol. The summed E-state index contributed by atoms with van der Waals surface area (Å²) in [6.07, 6.45) is 6.46. The number of hydrogen-bond acceptors (Lipinski definition) is 4. The van der Waals surface area contributed by atoms with E-state index in [4.69, 9.17) is 15.5 Å². The molecule has 0 spiro atoms. The summed E-state index contributed by atoms with van der Waals surface area (Å²) in [6.45, 7) is 3.16. The van der Waals surface area contributed by atoms with E-state index >= 15 is 0 Å². The number of guanidine groups is 1. The first kappa shape index (κ1) is 18.4. The van der Waals surface area contributed by atoms with Crippen LogP contribution in [0.1, 0.15) is 32.1 Å². The Kier molecular flexibility index (Phi) is 6.48. The number of nitrogens with two attached hydrogens (primary N) is 1. The Morgan fingerprint density at radius 1 is 1.28 bits per heavy atom. The van der Waals surface area contributed by atoms with Gasteiger partial charge in [-0.3, -0.25) is 9.89 Å². The van der Waals surface area contributed by atoms with Gasteiger partial charge >= 0.3 is 0 Å². The van der Waals surface area contributed by atoms with Crippen molar-refractivity contribution in [1.82, 2.24) is 4.90 Å². The van der Waals surface area contributed by atoms with Gasteiger partial charge in [0.15, 0.2) is 5.96 Å². The molecule has 0 amide bonds. The van der Waals surface area contributed by atoms with Crippen molar-refractivity contribution in [2.24, 2.45) is 10.7 Å². The zero-order valence-corrected chi connectivity index (χ0v) is 16.0. The largest absolute Gasteiger partial charge is 0.497 e. The highest BCUT2D eigenvalue weighted by Crippen LogP contribution is 2.35. The van der Waals surface area contributed by atoms with Crippen molar-refractivity contribution in [3.63, 3.8) is 0 Å². The third-order valence-corrected chi connectivity index (χ3v) is 6.29. The fraction of sp³-hybridized carbons (Fsp3) is 0.632. The van der Waals surface area contributed by atoms with Crippen LogP contribution in [-0.4, -0.2) is 54.6 Å². The Morgan fingerprint density at radius 2 is 2.04 bits per heavy atom. The van der Waals surface area contributed by atoms with Gasteiger partial charge in [0.25, 0.3) is 0 Å². The Morgan fingerprint density at radius 3 is 2.76 bits per heavy atom. The second-order valence-electron chi connectivity index (χ2n) is 6.94. The topological polar surface area (TPSA) is 62.9 Å². The Balaban J connectivity index is 1.67. The molecule has 138 valence electrons. The van der Waals surface area contributed by atoms with Crippen molar-refractivity contribution in [1.29, 1.82) is 0 Å². The number of methoxy groups -OCH3 is 1. The predicted octanol–water partition coefficient (Wildman–Crippen LogP) is 3.17. The van der Waals surface area contributed by atoms with Crippen LogP contribution >= 0.6 is 11.8 Å². The number of rotatable bonds is 5. The summed E-state index contributed by atoms with van der Waals surface area (Å²) in [5.74, 6) is 3.78. The van der Waals surface area contributed by atoms with Crippen molar-refractivity contribution in [2.75, 3.05) is 43.6 Å². The van der Waals surface area contributed by atoms with Gasteiger partial charge in [-0.25, -0.2) is 0 Å². The van der Waals surface area contributed by atoms with Crippen LogP contribution in [0.2, 0.25) is 0 Å². The Hall–Kier alpha value is -1.40. The number of benzene rings is 1. The summed E-state index contributed by atoms with van der Waals surface area (Å²) in [5, 5.41) is 3.20. The number of aliphatic imine (C=N–C) groups is 1. The predicted molar refractivity (Wildman–Crippen MR) is 108 cm³/mol. The van der Waals surface area contributed by atoms with Crippen molar-refractivity contribution in [2.45, 2.75) is 37.6 Å². The minimum absolute atomic E-state index is 0.208. The van der Waals surface area contributed by atoms with E-state index in [-0.39, 0.29) is 5.54 Å². The molecule has 2 fully saturated rings. The van der Waals surface area contributed by atoms with Gasteiger partial charge < -0.3 is 15.8 Å². The molecular weight excluding hydrogens is 332 g/mol. The molecule has 1 aliphatic carbocycles. The lowest BCUT2D eigenvalue weighted by Gasteiger charge is -2.47. The van der Waals surface area contributed by atoms with Crippen molar-refractivity contribution in [3.8, 4) is 5.75 Å². The highest BCUT2D eigenvalue weighted by Gasteiger charge is 2.38. The molecule has 1 saturated carbocycles. The van der Waals surface area contributed by atoms with E-state index in [1.807, 2.05) is 24.3 Å². The summed E-state index contributed by atoms with van der Waals surface area (Å²) >= 11 is 2.06. The molecule has 0 atom stereocenters. The van der Waals surface area contributed by atoms with E-state index in [1.54, 1.807) is 7.11 Å². The van der Waals surface area contributed by atoms with Crippen LogP contribution in [0.25, 0.3) is 0 Å². The van der Waals surface area contributed by atoms with Crippen LogP contribution in [0.15, 0.2) is 29.3 Å². The summed E-state index contributed by atoms with van der Waals surface area (Å²) in [4.78, 5) is 7.43. The third-order valence-electron chi connectivity index (χ3n) is 5.35. The van der Waals surface area contributed by atoms with E-state index in [2.05, 4.69) is 22.0 Å². The SMILES string of the molecule is COc1cccc(NC(N)=NCC2(N3CCSCC3)CCCCC2)c1. The lowest BCUT2D eigenvalue weighted by atomic mass is 9.80. The van der Waals surface area contributed by atoms with Crippen LogP contribution in [0.5, 0.6) is 5.75 Å². The van der Waals surface area contributed by atoms with Gasteiger partial charge in [-0.2, -0.15) is 11.8 Å². The highest BCUT2D eigenvalue weighted by molar-refractivity contribution is 7.99. The van der Waals surface area contributed by atoms with Crippen molar-refractivity contribution >= 4 is 23.4 Å². The van der Waals surface area contributed by atoms with E-state index in [0.29, 0.717) is 5.96 Å². The van der Waals surface area contributed by atoms with Gasteiger partial charge in [0, 0.05) is 41.9 Å². The maximum Gasteiger partial charge on any atom is 0.193 e. The number of hydrogen-bond donors (Lipinski definition) is 2. The van der Waals surface area contributed by atoms with E-state index in [0.717, 1.165) is 18.0 Å². The van der Waals surface area contributed by atoms with Gasteiger partial charge in [0.1, 0.15) is 5.75 Å². The first-order valence-electron chi connectivity index (χ1n) is 9.26. The van der Waals surface area contributed by atoms with Crippen molar-refractivity contribution in [3.05, 3.63) is 24.3 Å². The lowest BCUT2D eigenvalue weighted by Crippen LogP contribution is -2.55. The summed E-state index contributed by atoms with van der Waals surface area (Å²) < 4.78 is 5.26. The molecule has 6 heteroatoms. The van der Waals surface area contributed by atoms with Gasteiger partial charge in [-0.05, 0) is 25.0 Å². The highest BCUT2D eigenvalue weighted by atomic mass is 32.2. The maximum atomic E-state index is 6.18. The molecule has 3 rings (SSSR count). The number of anilines is 1. The molecule has 5 nitrogen and oxygen atoms in total. The van der Waals surface area contributed by atoms with E-state index in [9.17, 15) is 0 Å². The van der Waals surface area contributed by atoms with Gasteiger partial charge in [-0.1, -0.05) is 25.3 Å². The van der Waals surface area contributed by atoms with Crippen LogP contribution in [0.3, 0.4) is 0 Å². The summed E-state index contributed by atoms with van der Waals surface area (Å²) in [7, 11) is 1.67. The Bertz CT molecular complexity index is 581. The number of ether oxygens (including phenoxy) is 1. The number of nitrogens with one attached hydrogen (secondary N) is 1. The maximum absolute atomic E-state index is 6.18. The van der Waals surface area contributed by atoms with Crippen LogP contribution in [0.4, 0.5) is 5.69 Å². The zero-order chi connectivity index (χ0) is 17.5. The second-order valence-corrected chi connectivity index (χ2v) is 8.17. The molecule has 1 heterocycles. The fourth-order valence-corrected chi connectivity index (χ4v) is 4.85. The third kappa shape index (κ3) is 4.82. The number of nitrogens with zero attached hydrogens (tertiary/aromatic N) is 2. The van der Waals surface area contributed by atoms with E-state index < -0.39 is 0 Å². The van der Waals surface area contributed by atoms with Crippen LogP contribution in [-0.2, 0) is 0 Å². The average Bonchev–Trinajstić information content (AvgIpc) is 2.68. The molecule has 2 aliphatic rings. The molecule has 1 aromatic rings. The first-order chi connectivity index (χ1) is 12.2. The number of thioether (sulfide) groups is 1. The van der Waals surface area contributed by atoms with Gasteiger partial charge in [-0.15, -0.1) is 0 Å². The Labute approximate surface area is 155 Å². The second kappa shape index (κ2) is 8.81. The van der Waals surface area contributed by atoms with Gasteiger partial charge in [0.2, 0.25) is 0 Å². The molecule has 3 N–H and O–H groups in total. The molecule has 1 aromatic carbocycles. The molecule has 1 saturated heterocycles. The smallest absolute Gasteiger partial charge is 0.193 e. The first-order valence-corrected chi connectivity index (χ1v) is 10.4. The fourth-order valence-electron chi connectivity index (χ4n) is 3.94. The molecule has 0 unspecified atom stereocenters. The van der Waals surface area contributed by atoms with Gasteiger partial charge in [0.05, 0.1) is 13.7 Å². The van der Waals surface area contributed by atoms with Crippen molar-refractivity contribution < 1.29 is 4.74 Å². The monoisotopic (exact) mass is 362 g/mol. The molecule has 0 bridgehead atoms. The zero-order valence-electron chi connectivity index (χ0n) is 15.2. The molecule has 0 aromatic heterocycles. The van der Waals surface area contributed by atoms with Crippen LogP contribution in [0, 0.1) is 0 Å². The molecular formula is C19H30N4OS. The normalized spacial score (nSPS) is 21.7.